The summed E-state index contributed by atoms with van der Waals surface area (Å²) in [4.78, 5) is 30.2. The van der Waals surface area contributed by atoms with Gasteiger partial charge in [-0.1, -0.05) is 51.1 Å². The van der Waals surface area contributed by atoms with Crippen LogP contribution in [0.4, 0.5) is 9.59 Å². The van der Waals surface area contributed by atoms with Crippen molar-refractivity contribution in [2.24, 2.45) is 17.3 Å². The van der Waals surface area contributed by atoms with Crippen LogP contribution in [-0.2, 0) is 11.3 Å². The standard InChI is InChI=1S/C24H35N3O4/c1-24(2,3)21-20-14-19(13-18(20)15-27(21)22(28)29)25-9-11-26(12-10-25)23(30)31-16-17-7-5-4-6-8-17/h4-8,18-21H,9-16H2,1-3H3,(H,28,29)/t18-,19+,20-,21?/m0/s1. The molecule has 4 atom stereocenters. The zero-order chi connectivity index (χ0) is 22.2. The number of carbonyl (C=O) groups is 2. The fourth-order valence-corrected chi connectivity index (χ4v) is 6.01. The first-order chi connectivity index (χ1) is 14.7. The number of amides is 2. The highest BCUT2D eigenvalue weighted by Crippen LogP contribution is 2.49. The van der Waals surface area contributed by atoms with E-state index in [1.807, 2.05) is 30.3 Å². The van der Waals surface area contributed by atoms with Crippen LogP contribution in [0.15, 0.2) is 30.3 Å². The lowest BCUT2D eigenvalue weighted by Gasteiger charge is -2.40. The zero-order valence-corrected chi connectivity index (χ0v) is 18.9. The highest BCUT2D eigenvalue weighted by Gasteiger charge is 2.53. The van der Waals surface area contributed by atoms with Crippen molar-refractivity contribution in [2.75, 3.05) is 32.7 Å². The lowest BCUT2D eigenvalue weighted by molar-refractivity contribution is 0.0536. The lowest BCUT2D eigenvalue weighted by Crippen LogP contribution is -2.52. The molecule has 1 N–H and O–H groups in total. The molecule has 0 aromatic heterocycles. The number of rotatable bonds is 3. The molecule has 1 aliphatic carbocycles. The fraction of sp³-hybridized carbons (Fsp3) is 0.667. The SMILES string of the molecule is CC(C)(C)C1[C@H]2C[C@H](N3CCN(C(=O)OCc4ccccc4)CC3)C[C@H]2CN1C(=O)O. The van der Waals surface area contributed by atoms with Crippen molar-refractivity contribution >= 4 is 12.2 Å². The van der Waals surface area contributed by atoms with E-state index in [-0.39, 0.29) is 17.6 Å². The predicted octanol–water partition coefficient (Wildman–Crippen LogP) is 3.74. The molecule has 1 unspecified atom stereocenters. The molecule has 31 heavy (non-hydrogen) atoms. The number of hydrogen-bond acceptors (Lipinski definition) is 4. The summed E-state index contributed by atoms with van der Waals surface area (Å²) in [6.07, 6.45) is 1.08. The molecule has 1 saturated carbocycles. The molecule has 7 nitrogen and oxygen atoms in total. The van der Waals surface area contributed by atoms with Gasteiger partial charge >= 0.3 is 12.2 Å². The number of piperazine rings is 1. The second-order valence-electron chi connectivity index (χ2n) is 10.4. The Morgan fingerprint density at radius 1 is 1.06 bits per heavy atom. The molecule has 0 radical (unpaired) electrons. The molecule has 170 valence electrons. The Morgan fingerprint density at radius 2 is 1.74 bits per heavy atom. The molecule has 2 saturated heterocycles. The van der Waals surface area contributed by atoms with E-state index in [9.17, 15) is 14.7 Å². The third-order valence-electron chi connectivity index (χ3n) is 7.32. The largest absolute Gasteiger partial charge is 0.465 e. The van der Waals surface area contributed by atoms with Gasteiger partial charge in [0.2, 0.25) is 0 Å². The Kier molecular flexibility index (Phi) is 6.15. The van der Waals surface area contributed by atoms with Gasteiger partial charge in [0, 0.05) is 44.8 Å². The fourth-order valence-electron chi connectivity index (χ4n) is 6.01. The maximum Gasteiger partial charge on any atom is 0.410 e. The minimum Gasteiger partial charge on any atom is -0.465 e. The first-order valence-electron chi connectivity index (χ1n) is 11.4. The smallest absolute Gasteiger partial charge is 0.410 e. The van der Waals surface area contributed by atoms with E-state index in [0.717, 1.165) is 31.5 Å². The molecule has 2 aliphatic heterocycles. The van der Waals surface area contributed by atoms with Crippen LogP contribution < -0.4 is 0 Å². The Morgan fingerprint density at radius 3 is 2.35 bits per heavy atom. The third kappa shape index (κ3) is 4.66. The van der Waals surface area contributed by atoms with Gasteiger partial charge < -0.3 is 19.6 Å². The average Bonchev–Trinajstić information content (AvgIpc) is 3.30. The van der Waals surface area contributed by atoms with E-state index in [4.69, 9.17) is 4.74 Å². The second kappa shape index (κ2) is 8.69. The van der Waals surface area contributed by atoms with Gasteiger partial charge in [-0.2, -0.15) is 0 Å². The molecular weight excluding hydrogens is 394 g/mol. The lowest BCUT2D eigenvalue weighted by atomic mass is 9.77. The van der Waals surface area contributed by atoms with Crippen LogP contribution in [0.3, 0.4) is 0 Å². The first kappa shape index (κ1) is 21.9. The van der Waals surface area contributed by atoms with Crippen LogP contribution in [-0.4, -0.2) is 76.8 Å². The highest BCUT2D eigenvalue weighted by molar-refractivity contribution is 5.68. The number of fused-ring (bicyclic) bond motifs is 1. The van der Waals surface area contributed by atoms with Crippen molar-refractivity contribution in [1.82, 2.24) is 14.7 Å². The van der Waals surface area contributed by atoms with Gasteiger partial charge in [-0.15, -0.1) is 0 Å². The molecule has 4 rings (SSSR count). The number of likely N-dealkylation sites (tertiary alicyclic amines) is 1. The Balaban J connectivity index is 1.28. The summed E-state index contributed by atoms with van der Waals surface area (Å²) in [6, 6.07) is 10.3. The van der Waals surface area contributed by atoms with Gasteiger partial charge in [-0.25, -0.2) is 9.59 Å². The summed E-state index contributed by atoms with van der Waals surface area (Å²) >= 11 is 0. The molecule has 0 spiro atoms. The van der Waals surface area contributed by atoms with Crippen molar-refractivity contribution in [1.29, 1.82) is 0 Å². The maximum absolute atomic E-state index is 12.4. The van der Waals surface area contributed by atoms with Crippen molar-refractivity contribution < 1.29 is 19.4 Å². The van der Waals surface area contributed by atoms with Crippen LogP contribution in [0, 0.1) is 17.3 Å². The minimum atomic E-state index is -0.784. The molecule has 2 amide bonds. The quantitative estimate of drug-likeness (QED) is 0.792. The highest BCUT2D eigenvalue weighted by atomic mass is 16.6. The van der Waals surface area contributed by atoms with Crippen LogP contribution in [0.5, 0.6) is 0 Å². The summed E-state index contributed by atoms with van der Waals surface area (Å²) < 4.78 is 5.48. The molecule has 2 heterocycles. The molecule has 3 fully saturated rings. The number of ether oxygens (including phenoxy) is 1. The minimum absolute atomic E-state index is 0.0616. The van der Waals surface area contributed by atoms with E-state index in [1.54, 1.807) is 9.80 Å². The number of carbonyl (C=O) groups excluding carboxylic acids is 1. The Bertz CT molecular complexity index is 786. The molecule has 3 aliphatic rings. The second-order valence-corrected chi connectivity index (χ2v) is 10.4. The van der Waals surface area contributed by atoms with Gasteiger partial charge in [-0.3, -0.25) is 4.90 Å². The summed E-state index contributed by atoms with van der Waals surface area (Å²) in [7, 11) is 0. The summed E-state index contributed by atoms with van der Waals surface area (Å²) in [5, 5.41) is 9.68. The first-order valence-corrected chi connectivity index (χ1v) is 11.4. The van der Waals surface area contributed by atoms with Crippen molar-refractivity contribution in [3.05, 3.63) is 35.9 Å². The van der Waals surface area contributed by atoms with E-state index in [2.05, 4.69) is 25.7 Å². The van der Waals surface area contributed by atoms with Crippen LogP contribution in [0.2, 0.25) is 0 Å². The van der Waals surface area contributed by atoms with Crippen LogP contribution in [0.1, 0.15) is 39.2 Å². The van der Waals surface area contributed by atoms with Crippen molar-refractivity contribution in [2.45, 2.75) is 52.3 Å². The Labute approximate surface area is 184 Å². The van der Waals surface area contributed by atoms with Gasteiger partial charge in [0.05, 0.1) is 0 Å². The van der Waals surface area contributed by atoms with Crippen molar-refractivity contribution in [3.8, 4) is 0 Å². The predicted molar refractivity (Wildman–Crippen MR) is 118 cm³/mol. The van der Waals surface area contributed by atoms with Gasteiger partial charge in [-0.05, 0) is 35.7 Å². The molecule has 1 aromatic rings. The number of nitrogens with zero attached hydrogens (tertiary/aromatic N) is 3. The van der Waals surface area contributed by atoms with Crippen LogP contribution in [0.25, 0.3) is 0 Å². The average molecular weight is 430 g/mol. The monoisotopic (exact) mass is 429 g/mol. The van der Waals surface area contributed by atoms with E-state index >= 15 is 0 Å². The van der Waals surface area contributed by atoms with Crippen LogP contribution >= 0.6 is 0 Å². The topological polar surface area (TPSA) is 73.3 Å². The van der Waals surface area contributed by atoms with E-state index in [0.29, 0.717) is 44.1 Å². The number of hydrogen-bond donors (Lipinski definition) is 1. The normalized spacial score (nSPS) is 29.1. The van der Waals surface area contributed by atoms with Crippen molar-refractivity contribution in [3.63, 3.8) is 0 Å². The van der Waals surface area contributed by atoms with Gasteiger partial charge in [0.1, 0.15) is 6.61 Å². The molecule has 7 heteroatoms. The number of benzene rings is 1. The Hall–Kier alpha value is -2.28. The van der Waals surface area contributed by atoms with Gasteiger partial charge in [0.25, 0.3) is 0 Å². The van der Waals surface area contributed by atoms with E-state index < -0.39 is 6.09 Å². The molecule has 0 bridgehead atoms. The van der Waals surface area contributed by atoms with Gasteiger partial charge in [0.15, 0.2) is 0 Å². The number of carboxylic acid groups (broad SMARTS) is 1. The summed E-state index contributed by atoms with van der Waals surface area (Å²) in [5.41, 5.74) is 0.934. The summed E-state index contributed by atoms with van der Waals surface area (Å²) in [5.74, 6) is 0.870. The molecule has 1 aromatic carbocycles. The maximum atomic E-state index is 12.4. The van der Waals surface area contributed by atoms with E-state index in [1.165, 1.54) is 0 Å². The zero-order valence-electron chi connectivity index (χ0n) is 18.9. The summed E-state index contributed by atoms with van der Waals surface area (Å²) in [6.45, 7) is 10.5. The molecular formula is C24H35N3O4. The third-order valence-corrected chi connectivity index (χ3v) is 7.32.